The number of rotatable bonds is 3. The van der Waals surface area contributed by atoms with Crippen molar-refractivity contribution in [3.63, 3.8) is 0 Å². The first-order valence-corrected chi connectivity index (χ1v) is 17.4. The van der Waals surface area contributed by atoms with Crippen LogP contribution in [0.1, 0.15) is 25.0 Å². The molecule has 0 saturated heterocycles. The Hall–Kier alpha value is -6.32. The maximum absolute atomic E-state index is 5.48. The van der Waals surface area contributed by atoms with Crippen molar-refractivity contribution >= 4 is 65.2 Å². The number of nitrogens with zero attached hydrogens (tertiary/aromatic N) is 3. The Morgan fingerprint density at radius 3 is 1.80 bits per heavy atom. The number of benzene rings is 7. The molecule has 2 heterocycles. The summed E-state index contributed by atoms with van der Waals surface area (Å²) in [6, 6.07) is 54.8. The number of aromatic nitrogens is 3. The van der Waals surface area contributed by atoms with Gasteiger partial charge < -0.3 is 0 Å². The van der Waals surface area contributed by atoms with Gasteiger partial charge in [0.05, 0.1) is 22.1 Å². The zero-order valence-electron chi connectivity index (χ0n) is 27.8. The van der Waals surface area contributed by atoms with Gasteiger partial charge in [0.1, 0.15) is 5.69 Å². The molecule has 10 aromatic rings. The van der Waals surface area contributed by atoms with Crippen LogP contribution in [0, 0.1) is 0 Å². The zero-order chi connectivity index (χ0) is 33.1. The highest BCUT2D eigenvalue weighted by Crippen LogP contribution is 2.53. The molecule has 0 aliphatic heterocycles. The minimum Gasteiger partial charge on any atom is -0.292 e. The van der Waals surface area contributed by atoms with Crippen LogP contribution >= 0.6 is 0 Å². The van der Waals surface area contributed by atoms with Crippen LogP contribution in [0.25, 0.3) is 93.4 Å². The van der Waals surface area contributed by atoms with Crippen LogP contribution < -0.4 is 0 Å². The molecule has 0 fully saturated rings. The van der Waals surface area contributed by atoms with E-state index in [1.165, 1.54) is 59.8 Å². The van der Waals surface area contributed by atoms with Crippen LogP contribution in [0.2, 0.25) is 0 Å². The fourth-order valence-electron chi connectivity index (χ4n) is 8.87. The first-order valence-electron chi connectivity index (χ1n) is 17.4. The molecule has 0 N–H and O–H groups in total. The summed E-state index contributed by atoms with van der Waals surface area (Å²) < 4.78 is 2.39. The van der Waals surface area contributed by atoms with Crippen molar-refractivity contribution in [2.24, 2.45) is 0 Å². The average molecular weight is 638 g/mol. The summed E-state index contributed by atoms with van der Waals surface area (Å²) in [5, 5.41) is 10.4. The van der Waals surface area contributed by atoms with Crippen molar-refractivity contribution in [1.29, 1.82) is 0 Å². The van der Waals surface area contributed by atoms with E-state index >= 15 is 0 Å². The van der Waals surface area contributed by atoms with Crippen LogP contribution in [-0.4, -0.2) is 14.5 Å². The summed E-state index contributed by atoms with van der Waals surface area (Å²) in [4.78, 5) is 10.9. The van der Waals surface area contributed by atoms with Crippen LogP contribution in [0.3, 0.4) is 0 Å². The van der Waals surface area contributed by atoms with Crippen LogP contribution in [0.15, 0.2) is 152 Å². The van der Waals surface area contributed by atoms with E-state index in [0.717, 1.165) is 44.7 Å². The minimum absolute atomic E-state index is 0.136. The van der Waals surface area contributed by atoms with Gasteiger partial charge in [-0.1, -0.05) is 135 Å². The molecule has 0 radical (unpaired) electrons. The summed E-state index contributed by atoms with van der Waals surface area (Å²) in [6.45, 7) is 4.76. The first-order chi connectivity index (χ1) is 24.6. The fourth-order valence-corrected chi connectivity index (χ4v) is 8.87. The van der Waals surface area contributed by atoms with E-state index in [0.29, 0.717) is 0 Å². The maximum Gasteiger partial charge on any atom is 0.165 e. The summed E-state index contributed by atoms with van der Waals surface area (Å²) in [7, 11) is 0. The quantitative estimate of drug-likeness (QED) is 0.193. The van der Waals surface area contributed by atoms with Gasteiger partial charge in [-0.15, -0.1) is 0 Å². The lowest BCUT2D eigenvalue weighted by atomic mass is 9.81. The van der Waals surface area contributed by atoms with E-state index in [9.17, 15) is 0 Å². The summed E-state index contributed by atoms with van der Waals surface area (Å²) in [6.07, 6.45) is 0. The normalized spacial score (nSPS) is 13.6. The van der Waals surface area contributed by atoms with E-state index in [1.807, 2.05) is 12.1 Å². The lowest BCUT2D eigenvalue weighted by Gasteiger charge is -2.22. The smallest absolute Gasteiger partial charge is 0.165 e. The molecular formula is C47H31N3. The predicted molar refractivity (Wildman–Crippen MR) is 209 cm³/mol. The molecule has 0 atom stereocenters. The molecule has 1 aliphatic carbocycles. The number of fused-ring (bicyclic) bond motifs is 4. The Morgan fingerprint density at radius 1 is 0.420 bits per heavy atom. The van der Waals surface area contributed by atoms with E-state index in [-0.39, 0.29) is 5.41 Å². The van der Waals surface area contributed by atoms with Gasteiger partial charge in [-0.25, -0.2) is 9.97 Å². The molecule has 0 saturated carbocycles. The monoisotopic (exact) mass is 637 g/mol. The van der Waals surface area contributed by atoms with Gasteiger partial charge in [0.25, 0.3) is 0 Å². The van der Waals surface area contributed by atoms with Crippen LogP contribution in [-0.2, 0) is 5.41 Å². The fraction of sp³-hybridized carbons (Fsp3) is 0.0638. The van der Waals surface area contributed by atoms with Crippen molar-refractivity contribution in [3.05, 3.63) is 163 Å². The molecule has 50 heavy (non-hydrogen) atoms. The van der Waals surface area contributed by atoms with Gasteiger partial charge in [0, 0.05) is 21.8 Å². The van der Waals surface area contributed by atoms with Gasteiger partial charge in [0.15, 0.2) is 5.82 Å². The number of hydrogen-bond acceptors (Lipinski definition) is 2. The van der Waals surface area contributed by atoms with Gasteiger partial charge in [-0.3, -0.25) is 4.57 Å². The molecular weight excluding hydrogens is 607 g/mol. The second kappa shape index (κ2) is 9.87. The second-order valence-corrected chi connectivity index (χ2v) is 14.1. The van der Waals surface area contributed by atoms with Crippen molar-refractivity contribution in [3.8, 4) is 28.2 Å². The molecule has 3 heteroatoms. The minimum atomic E-state index is -0.136. The highest BCUT2D eigenvalue weighted by Gasteiger charge is 2.36. The van der Waals surface area contributed by atoms with Crippen molar-refractivity contribution in [2.45, 2.75) is 19.3 Å². The first kappa shape index (κ1) is 27.6. The third-order valence-corrected chi connectivity index (χ3v) is 11.1. The molecule has 234 valence electrons. The van der Waals surface area contributed by atoms with E-state index in [4.69, 9.17) is 9.97 Å². The summed E-state index contributed by atoms with van der Waals surface area (Å²) >= 11 is 0. The van der Waals surface area contributed by atoms with Crippen LogP contribution in [0.5, 0.6) is 0 Å². The maximum atomic E-state index is 5.48. The molecule has 11 rings (SSSR count). The Labute approximate surface area is 289 Å². The Balaban J connectivity index is 1.35. The second-order valence-electron chi connectivity index (χ2n) is 14.1. The predicted octanol–water partition coefficient (Wildman–Crippen LogP) is 12.2. The lowest BCUT2D eigenvalue weighted by molar-refractivity contribution is 0.663. The molecule has 2 aromatic heterocycles. The van der Waals surface area contributed by atoms with Crippen molar-refractivity contribution in [1.82, 2.24) is 14.5 Å². The third-order valence-electron chi connectivity index (χ3n) is 11.1. The summed E-state index contributed by atoms with van der Waals surface area (Å²) in [5.74, 6) is 0.837. The molecule has 0 bridgehead atoms. The lowest BCUT2D eigenvalue weighted by Crippen LogP contribution is -2.15. The Morgan fingerprint density at radius 2 is 1.00 bits per heavy atom. The van der Waals surface area contributed by atoms with Gasteiger partial charge >= 0.3 is 0 Å². The van der Waals surface area contributed by atoms with Crippen molar-refractivity contribution < 1.29 is 0 Å². The average Bonchev–Trinajstić information content (AvgIpc) is 3.63. The van der Waals surface area contributed by atoms with E-state index < -0.39 is 0 Å². The van der Waals surface area contributed by atoms with Gasteiger partial charge in [-0.2, -0.15) is 0 Å². The van der Waals surface area contributed by atoms with Crippen LogP contribution in [0.4, 0.5) is 0 Å². The third kappa shape index (κ3) is 3.59. The highest BCUT2D eigenvalue weighted by molar-refractivity contribution is 6.35. The van der Waals surface area contributed by atoms with Crippen molar-refractivity contribution in [2.75, 3.05) is 0 Å². The zero-order valence-corrected chi connectivity index (χ0v) is 27.8. The molecule has 3 nitrogen and oxygen atoms in total. The molecule has 0 unspecified atom stereocenters. The molecule has 8 aromatic carbocycles. The summed E-state index contributed by atoms with van der Waals surface area (Å²) in [5.41, 5.74) is 10.9. The standard InChI is InChI=1S/C47H31N3/c1-47(2)35-21-11-19-33-31-17-6-7-18-32(31)34-20-12-24-39-42(34)44-40(26-25-36(47)43(44)41(33)35)50(39)46-45(48-37-22-8-9-23-38(37)49-46)30-16-10-15-29(27-30)28-13-4-3-5-14-28/h3-27H,1-2H3. The molecule has 0 spiro atoms. The highest BCUT2D eigenvalue weighted by atomic mass is 15.1. The van der Waals surface area contributed by atoms with Gasteiger partial charge in [0.2, 0.25) is 0 Å². The largest absolute Gasteiger partial charge is 0.292 e. The number of hydrogen-bond donors (Lipinski definition) is 0. The van der Waals surface area contributed by atoms with E-state index in [1.54, 1.807) is 0 Å². The number of para-hydroxylation sites is 2. The SMILES string of the molecule is CC1(C)c2cccc3c4ccccc4c4cccc5c4c4c(c1ccc4n5-c1nc4ccccc4nc1-c1cccc(-c4ccccc4)c1)c23. The Bertz CT molecular complexity index is 3060. The van der Waals surface area contributed by atoms with Gasteiger partial charge in [-0.05, 0) is 84.9 Å². The Kier molecular flexibility index (Phi) is 5.45. The van der Waals surface area contributed by atoms with E-state index in [2.05, 4.69) is 158 Å². The topological polar surface area (TPSA) is 30.7 Å². The molecule has 1 aliphatic rings. The molecule has 0 amide bonds.